The van der Waals surface area contributed by atoms with Gasteiger partial charge in [-0.25, -0.2) is 0 Å². The Balaban J connectivity index is 1.34. The van der Waals surface area contributed by atoms with Crippen LogP contribution in [0.5, 0.6) is 0 Å². The van der Waals surface area contributed by atoms with Gasteiger partial charge in [0.1, 0.15) is 6.33 Å². The van der Waals surface area contributed by atoms with E-state index < -0.39 is 0 Å². The van der Waals surface area contributed by atoms with Gasteiger partial charge in [0, 0.05) is 22.7 Å². The lowest BCUT2D eigenvalue weighted by Gasteiger charge is -2.10. The fourth-order valence-corrected chi connectivity index (χ4v) is 3.76. The van der Waals surface area contributed by atoms with Crippen molar-refractivity contribution in [3.8, 4) is 5.69 Å². The minimum atomic E-state index is -0.0941. The molecule has 2 N–H and O–H groups in total. The lowest BCUT2D eigenvalue weighted by atomic mass is 10.1. The van der Waals surface area contributed by atoms with Gasteiger partial charge in [-0.3, -0.25) is 9.36 Å². The molecule has 6 nitrogen and oxygen atoms in total. The fraction of sp³-hybridized carbons (Fsp3) is 0.125. The molecule has 1 aromatic heterocycles. The smallest absolute Gasteiger partial charge is 0.234 e. The molecule has 4 rings (SSSR count). The van der Waals surface area contributed by atoms with Gasteiger partial charge in [-0.2, -0.15) is 0 Å². The highest BCUT2D eigenvalue weighted by Crippen LogP contribution is 2.22. The van der Waals surface area contributed by atoms with Gasteiger partial charge in [-0.1, -0.05) is 36.0 Å². The third-order valence-electron chi connectivity index (χ3n) is 4.85. The highest BCUT2D eigenvalue weighted by Gasteiger charge is 2.11. The van der Waals surface area contributed by atoms with E-state index in [9.17, 15) is 4.79 Å². The number of hydrogen-bond acceptors (Lipinski definition) is 5. The number of aryl methyl sites for hydroxylation is 2. The maximum atomic E-state index is 12.4. The quantitative estimate of drug-likeness (QED) is 0.387. The van der Waals surface area contributed by atoms with Crippen molar-refractivity contribution in [2.45, 2.75) is 19.0 Å². The van der Waals surface area contributed by atoms with Crippen LogP contribution < -0.4 is 10.6 Å². The standard InChI is InChI=1S/C24H23N5OS/c1-17-8-13-22(14-18(17)2)29-16-25-28-24(29)31-15-23(30)27-21-11-9-20(10-12-21)26-19-6-4-3-5-7-19/h3-14,16,26H,15H2,1-2H3,(H,27,30). The van der Waals surface area contributed by atoms with Crippen LogP contribution in [0.4, 0.5) is 17.1 Å². The summed E-state index contributed by atoms with van der Waals surface area (Å²) >= 11 is 1.36. The van der Waals surface area contributed by atoms with Crippen molar-refractivity contribution in [1.82, 2.24) is 14.8 Å². The number of para-hydroxylation sites is 1. The van der Waals surface area contributed by atoms with Crippen LogP contribution >= 0.6 is 11.8 Å². The molecule has 0 unspecified atom stereocenters. The van der Waals surface area contributed by atoms with Crippen LogP contribution in [0.1, 0.15) is 11.1 Å². The van der Waals surface area contributed by atoms with E-state index in [2.05, 4.69) is 46.8 Å². The summed E-state index contributed by atoms with van der Waals surface area (Å²) in [5, 5.41) is 15.1. The zero-order chi connectivity index (χ0) is 21.6. The number of nitrogens with zero attached hydrogens (tertiary/aromatic N) is 3. The first-order chi connectivity index (χ1) is 15.1. The molecule has 1 amide bonds. The lowest BCUT2D eigenvalue weighted by molar-refractivity contribution is -0.113. The second kappa shape index (κ2) is 9.49. The number of hydrogen-bond donors (Lipinski definition) is 2. The SMILES string of the molecule is Cc1ccc(-n2cnnc2SCC(=O)Nc2ccc(Nc3ccccc3)cc2)cc1C. The molecular weight excluding hydrogens is 406 g/mol. The van der Waals surface area contributed by atoms with Crippen molar-refractivity contribution in [3.05, 3.63) is 90.3 Å². The third kappa shape index (κ3) is 5.32. The van der Waals surface area contributed by atoms with E-state index in [0.717, 1.165) is 22.7 Å². The van der Waals surface area contributed by atoms with Gasteiger partial charge in [0.25, 0.3) is 0 Å². The van der Waals surface area contributed by atoms with E-state index in [4.69, 9.17) is 0 Å². The van der Waals surface area contributed by atoms with Gasteiger partial charge >= 0.3 is 0 Å². The first kappa shape index (κ1) is 20.7. The molecule has 4 aromatic rings. The largest absolute Gasteiger partial charge is 0.356 e. The first-order valence-corrected chi connectivity index (χ1v) is 10.9. The van der Waals surface area contributed by atoms with Crippen LogP contribution in [0, 0.1) is 13.8 Å². The maximum Gasteiger partial charge on any atom is 0.234 e. The Labute approximate surface area is 185 Å². The summed E-state index contributed by atoms with van der Waals surface area (Å²) in [4.78, 5) is 12.4. The molecule has 0 aliphatic carbocycles. The highest BCUT2D eigenvalue weighted by molar-refractivity contribution is 7.99. The lowest BCUT2D eigenvalue weighted by Crippen LogP contribution is -2.14. The van der Waals surface area contributed by atoms with Crippen molar-refractivity contribution in [2.75, 3.05) is 16.4 Å². The Morgan fingerprint density at radius 2 is 1.61 bits per heavy atom. The van der Waals surface area contributed by atoms with Crippen molar-refractivity contribution >= 4 is 34.7 Å². The molecule has 3 aromatic carbocycles. The molecular formula is C24H23N5OS. The van der Waals surface area contributed by atoms with Gasteiger partial charge in [0.15, 0.2) is 5.16 Å². The predicted octanol–water partition coefficient (Wildman–Crippen LogP) is 5.36. The normalized spacial score (nSPS) is 10.6. The number of nitrogens with one attached hydrogen (secondary N) is 2. The van der Waals surface area contributed by atoms with Crippen molar-refractivity contribution in [3.63, 3.8) is 0 Å². The van der Waals surface area contributed by atoms with Gasteiger partial charge in [0.2, 0.25) is 5.91 Å². The van der Waals surface area contributed by atoms with Crippen LogP contribution in [-0.4, -0.2) is 26.4 Å². The van der Waals surface area contributed by atoms with Gasteiger partial charge in [0.05, 0.1) is 5.75 Å². The van der Waals surface area contributed by atoms with Crippen LogP contribution in [0.2, 0.25) is 0 Å². The topological polar surface area (TPSA) is 71.8 Å². The molecule has 0 atom stereocenters. The van der Waals surface area contributed by atoms with Crippen LogP contribution in [0.15, 0.2) is 84.3 Å². The summed E-state index contributed by atoms with van der Waals surface area (Å²) in [6, 6.07) is 23.8. The maximum absolute atomic E-state index is 12.4. The number of anilines is 3. The number of carbonyl (C=O) groups is 1. The van der Waals surface area contributed by atoms with E-state index >= 15 is 0 Å². The molecule has 156 valence electrons. The first-order valence-electron chi connectivity index (χ1n) is 9.91. The molecule has 31 heavy (non-hydrogen) atoms. The van der Waals surface area contributed by atoms with Gasteiger partial charge < -0.3 is 10.6 Å². The third-order valence-corrected chi connectivity index (χ3v) is 5.79. The average molecular weight is 430 g/mol. The number of aromatic nitrogens is 3. The Hall–Kier alpha value is -3.58. The number of rotatable bonds is 7. The van der Waals surface area contributed by atoms with Gasteiger partial charge in [-0.05, 0) is 73.5 Å². The molecule has 0 saturated carbocycles. The van der Waals surface area contributed by atoms with Gasteiger partial charge in [-0.15, -0.1) is 10.2 Å². The minimum absolute atomic E-state index is 0.0941. The number of benzene rings is 3. The summed E-state index contributed by atoms with van der Waals surface area (Å²) in [5.74, 6) is 0.150. The van der Waals surface area contributed by atoms with Crippen LogP contribution in [-0.2, 0) is 4.79 Å². The molecule has 0 saturated heterocycles. The monoisotopic (exact) mass is 429 g/mol. The predicted molar refractivity (Wildman–Crippen MR) is 126 cm³/mol. The summed E-state index contributed by atoms with van der Waals surface area (Å²) in [5.41, 5.74) is 6.14. The van der Waals surface area contributed by atoms with E-state index in [0.29, 0.717) is 5.16 Å². The number of amides is 1. The molecule has 0 aliphatic rings. The second-order valence-corrected chi connectivity index (χ2v) is 8.10. The molecule has 0 bridgehead atoms. The number of carbonyl (C=O) groups excluding carboxylic acids is 1. The summed E-state index contributed by atoms with van der Waals surface area (Å²) in [6.45, 7) is 4.15. The average Bonchev–Trinajstić information content (AvgIpc) is 3.25. The van der Waals surface area contributed by atoms with Crippen molar-refractivity contribution < 1.29 is 4.79 Å². The molecule has 0 fully saturated rings. The molecule has 0 spiro atoms. The summed E-state index contributed by atoms with van der Waals surface area (Å²) in [7, 11) is 0. The Morgan fingerprint density at radius 3 is 2.35 bits per heavy atom. The van der Waals surface area contributed by atoms with Crippen molar-refractivity contribution in [2.24, 2.45) is 0 Å². The number of thioether (sulfide) groups is 1. The zero-order valence-corrected chi connectivity index (χ0v) is 18.2. The molecule has 7 heteroatoms. The fourth-order valence-electron chi connectivity index (χ4n) is 3.03. The van der Waals surface area contributed by atoms with E-state index in [1.165, 1.54) is 22.9 Å². The molecule has 0 radical (unpaired) electrons. The minimum Gasteiger partial charge on any atom is -0.356 e. The summed E-state index contributed by atoms with van der Waals surface area (Å²) in [6.07, 6.45) is 1.67. The Morgan fingerprint density at radius 1 is 0.903 bits per heavy atom. The Bertz CT molecular complexity index is 1170. The van der Waals surface area contributed by atoms with Crippen molar-refractivity contribution in [1.29, 1.82) is 0 Å². The van der Waals surface area contributed by atoms with Crippen LogP contribution in [0.25, 0.3) is 5.69 Å². The second-order valence-electron chi connectivity index (χ2n) is 7.16. The molecule has 1 heterocycles. The van der Waals surface area contributed by atoms with E-state index in [1.54, 1.807) is 6.33 Å². The zero-order valence-electron chi connectivity index (χ0n) is 17.4. The molecule has 0 aliphatic heterocycles. The van der Waals surface area contributed by atoms with E-state index in [1.807, 2.05) is 65.2 Å². The Kier molecular flexibility index (Phi) is 6.33. The van der Waals surface area contributed by atoms with E-state index in [-0.39, 0.29) is 11.7 Å². The highest BCUT2D eigenvalue weighted by atomic mass is 32.2. The summed E-state index contributed by atoms with van der Waals surface area (Å²) < 4.78 is 1.90. The van der Waals surface area contributed by atoms with Crippen LogP contribution in [0.3, 0.4) is 0 Å².